The number of rotatable bonds is 0. The predicted octanol–water partition coefficient (Wildman–Crippen LogP) is 3.49. The van der Waals surface area contributed by atoms with Gasteiger partial charge in [0.25, 0.3) is 0 Å². The lowest BCUT2D eigenvalue weighted by molar-refractivity contribution is 0.634. The van der Waals surface area contributed by atoms with E-state index in [0.29, 0.717) is 10.1 Å². The third-order valence-corrected chi connectivity index (χ3v) is 2.80. The van der Waals surface area contributed by atoms with Gasteiger partial charge in [-0.05, 0) is 18.6 Å². The van der Waals surface area contributed by atoms with Crippen molar-refractivity contribution in [2.75, 3.05) is 0 Å². The number of halogens is 2. The molecule has 1 heterocycles. The van der Waals surface area contributed by atoms with Crippen molar-refractivity contribution in [1.82, 2.24) is 0 Å². The van der Waals surface area contributed by atoms with Crippen LogP contribution in [0.4, 0.5) is 8.78 Å². The summed E-state index contributed by atoms with van der Waals surface area (Å²) in [4.78, 5) is 0. The van der Waals surface area contributed by atoms with Gasteiger partial charge in [0, 0.05) is 10.8 Å². The van der Waals surface area contributed by atoms with Crippen molar-refractivity contribution >= 4 is 21.4 Å². The van der Waals surface area contributed by atoms with Crippen LogP contribution in [0.3, 0.4) is 0 Å². The number of hydrogen-bond donors (Lipinski definition) is 0. The second-order valence-corrected chi connectivity index (χ2v) is 3.53. The normalized spacial score (nSPS) is 10.9. The summed E-state index contributed by atoms with van der Waals surface area (Å²) < 4.78 is 26.5. The Balaban J connectivity index is 2.98. The summed E-state index contributed by atoms with van der Waals surface area (Å²) in [6.07, 6.45) is 0. The lowest BCUT2D eigenvalue weighted by atomic mass is 10.1. The van der Waals surface area contributed by atoms with Gasteiger partial charge in [-0.15, -0.1) is 11.3 Å². The summed E-state index contributed by atoms with van der Waals surface area (Å²) >= 11 is 1.10. The minimum atomic E-state index is -0.343. The molecular formula is C9H6F2S. The van der Waals surface area contributed by atoms with E-state index >= 15 is 0 Å². The molecule has 0 amide bonds. The Kier molecular flexibility index (Phi) is 1.61. The Morgan fingerprint density at radius 1 is 1.17 bits per heavy atom. The van der Waals surface area contributed by atoms with Crippen molar-refractivity contribution in [3.63, 3.8) is 0 Å². The van der Waals surface area contributed by atoms with E-state index in [0.717, 1.165) is 16.9 Å². The van der Waals surface area contributed by atoms with Crippen LogP contribution in [0.2, 0.25) is 0 Å². The Bertz CT molecular complexity index is 431. The van der Waals surface area contributed by atoms with Gasteiger partial charge >= 0.3 is 0 Å². The molecule has 1 aromatic carbocycles. The zero-order valence-corrected chi connectivity index (χ0v) is 7.21. The molecule has 0 N–H and O–H groups in total. The van der Waals surface area contributed by atoms with Gasteiger partial charge in [-0.1, -0.05) is 6.07 Å². The number of aryl methyl sites for hydroxylation is 1. The third kappa shape index (κ3) is 0.932. The lowest BCUT2D eigenvalue weighted by Crippen LogP contribution is -1.79. The topological polar surface area (TPSA) is 0 Å². The molecule has 0 saturated heterocycles. The molecule has 1 aromatic heterocycles. The molecule has 0 aliphatic carbocycles. The third-order valence-electron chi connectivity index (χ3n) is 1.84. The maximum atomic E-state index is 13.0. The van der Waals surface area contributed by atoms with Crippen LogP contribution in [-0.4, -0.2) is 0 Å². The summed E-state index contributed by atoms with van der Waals surface area (Å²) in [6.45, 7) is 1.78. The van der Waals surface area contributed by atoms with Gasteiger partial charge < -0.3 is 0 Å². The van der Waals surface area contributed by atoms with Gasteiger partial charge in [-0.3, -0.25) is 0 Å². The van der Waals surface area contributed by atoms with Gasteiger partial charge in [0.1, 0.15) is 11.6 Å². The molecule has 0 atom stereocenters. The van der Waals surface area contributed by atoms with Gasteiger partial charge in [0.05, 0.1) is 4.70 Å². The van der Waals surface area contributed by atoms with E-state index in [9.17, 15) is 8.78 Å². The van der Waals surface area contributed by atoms with E-state index in [-0.39, 0.29) is 11.6 Å². The van der Waals surface area contributed by atoms with Crippen molar-refractivity contribution in [1.29, 1.82) is 0 Å². The molecule has 0 nitrogen and oxygen atoms in total. The van der Waals surface area contributed by atoms with Crippen LogP contribution >= 0.6 is 11.3 Å². The SMILES string of the molecule is Cc1ccc(F)c2scc(F)c12. The van der Waals surface area contributed by atoms with E-state index in [1.165, 1.54) is 11.4 Å². The average Bonchev–Trinajstić information content (AvgIpc) is 2.42. The van der Waals surface area contributed by atoms with Crippen LogP contribution in [-0.2, 0) is 0 Å². The zero-order chi connectivity index (χ0) is 8.72. The molecular weight excluding hydrogens is 178 g/mol. The fraction of sp³-hybridized carbons (Fsp3) is 0.111. The molecule has 0 fully saturated rings. The molecule has 0 unspecified atom stereocenters. The molecule has 0 bridgehead atoms. The summed E-state index contributed by atoms with van der Waals surface area (Å²) in [5.74, 6) is -0.670. The predicted molar refractivity (Wildman–Crippen MR) is 46.5 cm³/mol. The number of fused-ring (bicyclic) bond motifs is 1. The minimum absolute atomic E-state index is 0.327. The summed E-state index contributed by atoms with van der Waals surface area (Å²) in [7, 11) is 0. The van der Waals surface area contributed by atoms with E-state index in [4.69, 9.17) is 0 Å². The van der Waals surface area contributed by atoms with Crippen molar-refractivity contribution in [3.05, 3.63) is 34.7 Å². The van der Waals surface area contributed by atoms with Gasteiger partial charge in [0.15, 0.2) is 0 Å². The highest BCUT2D eigenvalue weighted by molar-refractivity contribution is 7.17. The highest BCUT2D eigenvalue weighted by Gasteiger charge is 2.09. The first-order chi connectivity index (χ1) is 5.70. The molecule has 0 spiro atoms. The smallest absolute Gasteiger partial charge is 0.142 e. The van der Waals surface area contributed by atoms with Crippen molar-refractivity contribution in [2.24, 2.45) is 0 Å². The quantitative estimate of drug-likeness (QED) is 0.588. The van der Waals surface area contributed by atoms with Gasteiger partial charge in [-0.25, -0.2) is 8.78 Å². The summed E-state index contributed by atoms with van der Waals surface area (Å²) in [5, 5.41) is 1.75. The highest BCUT2D eigenvalue weighted by atomic mass is 32.1. The largest absolute Gasteiger partial charge is 0.205 e. The second kappa shape index (κ2) is 2.52. The molecule has 2 aromatic rings. The van der Waals surface area contributed by atoms with Crippen molar-refractivity contribution < 1.29 is 8.78 Å². The molecule has 3 heteroatoms. The lowest BCUT2D eigenvalue weighted by Gasteiger charge is -1.96. The standard InChI is InChI=1S/C9H6F2S/c1-5-2-3-6(10)9-8(5)7(11)4-12-9/h2-4H,1H3. The molecule has 0 saturated carbocycles. The van der Waals surface area contributed by atoms with Crippen LogP contribution in [0.15, 0.2) is 17.5 Å². The van der Waals surface area contributed by atoms with Crippen molar-refractivity contribution in [3.8, 4) is 0 Å². The highest BCUT2D eigenvalue weighted by Crippen LogP contribution is 2.29. The van der Waals surface area contributed by atoms with E-state index in [2.05, 4.69) is 0 Å². The van der Waals surface area contributed by atoms with Gasteiger partial charge in [-0.2, -0.15) is 0 Å². The van der Waals surface area contributed by atoms with Crippen molar-refractivity contribution in [2.45, 2.75) is 6.92 Å². The molecule has 0 aliphatic rings. The van der Waals surface area contributed by atoms with Crippen LogP contribution < -0.4 is 0 Å². The van der Waals surface area contributed by atoms with E-state index < -0.39 is 0 Å². The first kappa shape index (κ1) is 7.68. The van der Waals surface area contributed by atoms with E-state index in [1.54, 1.807) is 13.0 Å². The zero-order valence-electron chi connectivity index (χ0n) is 6.40. The van der Waals surface area contributed by atoms with E-state index in [1.807, 2.05) is 0 Å². The molecule has 0 aliphatic heterocycles. The average molecular weight is 184 g/mol. The van der Waals surface area contributed by atoms with Crippen LogP contribution in [0, 0.1) is 18.6 Å². The maximum Gasteiger partial charge on any atom is 0.142 e. The number of hydrogen-bond acceptors (Lipinski definition) is 1. The Labute approximate surface area is 72.4 Å². The monoisotopic (exact) mass is 184 g/mol. The Morgan fingerprint density at radius 2 is 1.92 bits per heavy atom. The summed E-state index contributed by atoms with van der Waals surface area (Å²) in [5.41, 5.74) is 0.783. The fourth-order valence-electron chi connectivity index (χ4n) is 1.24. The fourth-order valence-corrected chi connectivity index (χ4v) is 2.13. The first-order valence-corrected chi connectivity index (χ1v) is 4.40. The molecule has 0 radical (unpaired) electrons. The molecule has 12 heavy (non-hydrogen) atoms. The minimum Gasteiger partial charge on any atom is -0.205 e. The summed E-state index contributed by atoms with van der Waals surface area (Å²) in [6, 6.07) is 2.96. The number of thiophene rings is 1. The van der Waals surface area contributed by atoms with Gasteiger partial charge in [0.2, 0.25) is 0 Å². The first-order valence-electron chi connectivity index (χ1n) is 3.52. The number of benzene rings is 1. The second-order valence-electron chi connectivity index (χ2n) is 2.65. The van der Waals surface area contributed by atoms with Crippen LogP contribution in [0.5, 0.6) is 0 Å². The maximum absolute atomic E-state index is 13.0. The Hall–Kier alpha value is -0.960. The molecule has 62 valence electrons. The van der Waals surface area contributed by atoms with Crippen LogP contribution in [0.25, 0.3) is 10.1 Å². The molecule has 2 rings (SSSR count). The van der Waals surface area contributed by atoms with Crippen LogP contribution in [0.1, 0.15) is 5.56 Å². The Morgan fingerprint density at radius 3 is 2.58 bits per heavy atom.